The van der Waals surface area contributed by atoms with E-state index in [1.54, 1.807) is 0 Å². The van der Waals surface area contributed by atoms with Gasteiger partial charge in [-0.3, -0.25) is 10.1 Å². The van der Waals surface area contributed by atoms with Crippen LogP contribution in [0.15, 0.2) is 41.5 Å². The molecule has 1 aromatic heterocycles. The number of nitro groups is 1. The van der Waals surface area contributed by atoms with Crippen molar-refractivity contribution in [2.45, 2.75) is 13.5 Å². The molecule has 0 aliphatic carbocycles. The highest BCUT2D eigenvalue weighted by Gasteiger charge is 2.19. The van der Waals surface area contributed by atoms with Crippen molar-refractivity contribution < 1.29 is 14.8 Å². The van der Waals surface area contributed by atoms with Gasteiger partial charge in [0.15, 0.2) is 5.75 Å². The number of hydrazone groups is 1. The van der Waals surface area contributed by atoms with Crippen LogP contribution < -0.4 is 10.2 Å². The van der Waals surface area contributed by atoms with Crippen LogP contribution in [0.5, 0.6) is 11.5 Å². The Morgan fingerprint density at radius 3 is 2.88 bits per heavy atom. The summed E-state index contributed by atoms with van der Waals surface area (Å²) in [4.78, 5) is 14.8. The molecule has 134 valence electrons. The van der Waals surface area contributed by atoms with Gasteiger partial charge >= 0.3 is 5.69 Å². The molecule has 9 heteroatoms. The van der Waals surface area contributed by atoms with Crippen LogP contribution in [0, 0.1) is 10.1 Å². The maximum Gasteiger partial charge on any atom is 0.315 e. The number of benzene rings is 2. The van der Waals surface area contributed by atoms with Gasteiger partial charge in [0, 0.05) is 18.2 Å². The van der Waals surface area contributed by atoms with Crippen molar-refractivity contribution in [1.29, 1.82) is 0 Å². The van der Waals surface area contributed by atoms with E-state index in [9.17, 15) is 15.2 Å². The number of fused-ring (bicyclic) bond motifs is 1. The lowest BCUT2D eigenvalue weighted by Crippen LogP contribution is -2.02. The second-order valence-corrected chi connectivity index (χ2v) is 5.39. The summed E-state index contributed by atoms with van der Waals surface area (Å²) in [6.45, 7) is 2.70. The van der Waals surface area contributed by atoms with E-state index in [-0.39, 0.29) is 5.75 Å². The minimum atomic E-state index is -0.681. The lowest BCUT2D eigenvalue weighted by Gasteiger charge is -2.06. The highest BCUT2D eigenvalue weighted by atomic mass is 16.6. The van der Waals surface area contributed by atoms with Gasteiger partial charge in [0.05, 0.1) is 29.3 Å². The average molecular weight is 355 g/mol. The third-order valence-electron chi connectivity index (χ3n) is 3.84. The second kappa shape index (κ2) is 7.09. The SMILES string of the molecule is CCn1c(N/N=C\c2cc(OC)c(O)c([N+](=O)[O-])c2)nc2ccccc21. The summed E-state index contributed by atoms with van der Waals surface area (Å²) in [5.41, 5.74) is 4.62. The first-order valence-corrected chi connectivity index (χ1v) is 7.85. The smallest absolute Gasteiger partial charge is 0.315 e. The summed E-state index contributed by atoms with van der Waals surface area (Å²) in [5, 5.41) is 24.9. The first-order chi connectivity index (χ1) is 12.5. The summed E-state index contributed by atoms with van der Waals surface area (Å²) < 4.78 is 6.93. The van der Waals surface area contributed by atoms with Crippen molar-refractivity contribution >= 4 is 28.9 Å². The van der Waals surface area contributed by atoms with Gasteiger partial charge in [0.1, 0.15) is 0 Å². The van der Waals surface area contributed by atoms with Gasteiger partial charge in [-0.05, 0) is 25.1 Å². The highest BCUT2D eigenvalue weighted by molar-refractivity contribution is 5.84. The van der Waals surface area contributed by atoms with Crippen molar-refractivity contribution in [3.63, 3.8) is 0 Å². The molecule has 2 aromatic carbocycles. The number of methoxy groups -OCH3 is 1. The van der Waals surface area contributed by atoms with E-state index >= 15 is 0 Å². The van der Waals surface area contributed by atoms with Crippen LogP contribution in [0.25, 0.3) is 11.0 Å². The van der Waals surface area contributed by atoms with Gasteiger partial charge in [-0.15, -0.1) is 0 Å². The minimum Gasteiger partial charge on any atom is -0.500 e. The van der Waals surface area contributed by atoms with Gasteiger partial charge in [-0.2, -0.15) is 5.10 Å². The Balaban J connectivity index is 1.90. The Kier molecular flexibility index (Phi) is 4.70. The molecule has 3 aromatic rings. The zero-order valence-corrected chi connectivity index (χ0v) is 14.2. The summed E-state index contributed by atoms with van der Waals surface area (Å²) >= 11 is 0. The van der Waals surface area contributed by atoms with Crippen molar-refractivity contribution in [3.05, 3.63) is 52.1 Å². The topological polar surface area (TPSA) is 115 Å². The summed E-state index contributed by atoms with van der Waals surface area (Å²) in [6.07, 6.45) is 1.40. The van der Waals surface area contributed by atoms with Gasteiger partial charge in [-0.1, -0.05) is 12.1 Å². The number of aromatic nitrogens is 2. The Morgan fingerprint density at radius 2 is 2.19 bits per heavy atom. The number of aryl methyl sites for hydroxylation is 1. The van der Waals surface area contributed by atoms with E-state index in [0.717, 1.165) is 11.0 Å². The standard InChI is InChI=1S/C17H17N5O4/c1-3-21-13-7-5-4-6-12(13)19-17(21)20-18-10-11-8-14(22(24)25)16(23)15(9-11)26-2/h4-10,23H,3H2,1-2H3,(H,19,20)/b18-10-. The molecule has 0 saturated heterocycles. The summed E-state index contributed by atoms with van der Waals surface area (Å²) in [7, 11) is 1.32. The van der Waals surface area contributed by atoms with Crippen LogP contribution in [0.2, 0.25) is 0 Å². The summed E-state index contributed by atoms with van der Waals surface area (Å²) in [5.74, 6) is 0.0435. The minimum absolute atomic E-state index is 0.00134. The maximum absolute atomic E-state index is 11.0. The molecule has 3 rings (SSSR count). The normalized spacial score (nSPS) is 11.2. The number of ether oxygens (including phenoxy) is 1. The third kappa shape index (κ3) is 3.14. The van der Waals surface area contributed by atoms with Gasteiger partial charge in [-0.25, -0.2) is 10.4 Å². The van der Waals surface area contributed by atoms with Crippen LogP contribution in [0.3, 0.4) is 0 Å². The monoisotopic (exact) mass is 355 g/mol. The van der Waals surface area contributed by atoms with E-state index in [0.29, 0.717) is 18.1 Å². The molecule has 0 radical (unpaired) electrons. The van der Waals surface area contributed by atoms with Crippen LogP contribution in [-0.4, -0.2) is 32.9 Å². The molecule has 0 atom stereocenters. The van der Waals surface area contributed by atoms with E-state index in [2.05, 4.69) is 15.5 Å². The fourth-order valence-electron chi connectivity index (χ4n) is 2.63. The predicted molar refractivity (Wildman–Crippen MR) is 97.9 cm³/mol. The molecule has 0 aliphatic heterocycles. The molecule has 26 heavy (non-hydrogen) atoms. The number of phenolic OH excluding ortho intramolecular Hbond substituents is 1. The zero-order chi connectivity index (χ0) is 18.7. The molecule has 9 nitrogen and oxygen atoms in total. The average Bonchev–Trinajstić information content (AvgIpc) is 2.99. The molecule has 0 fully saturated rings. The number of aromatic hydroxyl groups is 1. The Morgan fingerprint density at radius 1 is 1.42 bits per heavy atom. The number of imidazole rings is 1. The van der Waals surface area contributed by atoms with Crippen molar-refractivity contribution in [2.75, 3.05) is 12.5 Å². The molecule has 0 unspecified atom stereocenters. The summed E-state index contributed by atoms with van der Waals surface area (Å²) in [6, 6.07) is 10.4. The van der Waals surface area contributed by atoms with Crippen molar-refractivity contribution in [3.8, 4) is 11.5 Å². The molecule has 0 bridgehead atoms. The number of hydrogen-bond donors (Lipinski definition) is 2. The van der Waals surface area contributed by atoms with E-state index < -0.39 is 16.4 Å². The van der Waals surface area contributed by atoms with Gasteiger partial charge in [0.2, 0.25) is 11.7 Å². The van der Waals surface area contributed by atoms with E-state index in [1.807, 2.05) is 35.8 Å². The third-order valence-corrected chi connectivity index (χ3v) is 3.84. The number of nitrogens with one attached hydrogen (secondary N) is 1. The first kappa shape index (κ1) is 17.2. The Labute approximate surface area is 148 Å². The Bertz CT molecular complexity index is 996. The molecule has 2 N–H and O–H groups in total. The number of nitro benzene ring substituents is 1. The molecular formula is C17H17N5O4. The number of para-hydroxylation sites is 2. The number of rotatable bonds is 6. The van der Waals surface area contributed by atoms with Crippen molar-refractivity contribution in [2.24, 2.45) is 5.10 Å². The zero-order valence-electron chi connectivity index (χ0n) is 14.2. The van der Waals surface area contributed by atoms with Crippen LogP contribution in [0.4, 0.5) is 11.6 Å². The Hall–Kier alpha value is -3.62. The molecule has 0 saturated carbocycles. The molecule has 0 aliphatic rings. The number of hydrogen-bond acceptors (Lipinski definition) is 7. The fraction of sp³-hybridized carbons (Fsp3) is 0.176. The van der Waals surface area contributed by atoms with Crippen LogP contribution >= 0.6 is 0 Å². The lowest BCUT2D eigenvalue weighted by molar-refractivity contribution is -0.386. The second-order valence-electron chi connectivity index (χ2n) is 5.39. The predicted octanol–water partition coefficient (Wildman–Crippen LogP) is 3.12. The van der Waals surface area contributed by atoms with Gasteiger partial charge in [0.25, 0.3) is 0 Å². The van der Waals surface area contributed by atoms with E-state index in [4.69, 9.17) is 4.74 Å². The largest absolute Gasteiger partial charge is 0.500 e. The first-order valence-electron chi connectivity index (χ1n) is 7.85. The van der Waals surface area contributed by atoms with Crippen LogP contribution in [0.1, 0.15) is 12.5 Å². The lowest BCUT2D eigenvalue weighted by atomic mass is 10.2. The fourth-order valence-corrected chi connectivity index (χ4v) is 2.63. The molecule has 0 spiro atoms. The number of anilines is 1. The number of phenols is 1. The van der Waals surface area contributed by atoms with Crippen molar-refractivity contribution in [1.82, 2.24) is 9.55 Å². The molecular weight excluding hydrogens is 338 g/mol. The quantitative estimate of drug-likeness (QED) is 0.399. The molecule has 0 amide bonds. The maximum atomic E-state index is 11.0. The highest BCUT2D eigenvalue weighted by Crippen LogP contribution is 2.36. The molecule has 1 heterocycles. The number of nitrogens with zero attached hydrogens (tertiary/aromatic N) is 4. The van der Waals surface area contributed by atoms with Gasteiger partial charge < -0.3 is 14.4 Å². The van der Waals surface area contributed by atoms with Crippen LogP contribution in [-0.2, 0) is 6.54 Å². The van der Waals surface area contributed by atoms with E-state index in [1.165, 1.54) is 25.5 Å².